The number of rotatable bonds is 4. The summed E-state index contributed by atoms with van der Waals surface area (Å²) in [6, 6.07) is 10.1. The minimum absolute atomic E-state index is 0.495. The summed E-state index contributed by atoms with van der Waals surface area (Å²) in [7, 11) is 0. The van der Waals surface area contributed by atoms with Crippen LogP contribution in [0.4, 0.5) is 20.2 Å². The first-order chi connectivity index (χ1) is 10.9. The van der Waals surface area contributed by atoms with Crippen LogP contribution >= 0.6 is 15.9 Å². The van der Waals surface area contributed by atoms with Crippen LogP contribution < -0.4 is 10.2 Å². The number of halogens is 3. The van der Waals surface area contributed by atoms with Gasteiger partial charge in [-0.3, -0.25) is 14.5 Å². The summed E-state index contributed by atoms with van der Waals surface area (Å²) < 4.78 is 28.3. The molecular weight excluding hydrogens is 370 g/mol. The van der Waals surface area contributed by atoms with Gasteiger partial charge < -0.3 is 5.32 Å². The maximum Gasteiger partial charge on any atom is 0.244 e. The number of para-hydroxylation sites is 2. The molecule has 1 N–H and O–H groups in total. The maximum absolute atomic E-state index is 13.8. The minimum Gasteiger partial charge on any atom is -0.324 e. The van der Waals surface area contributed by atoms with Gasteiger partial charge in [-0.2, -0.15) is 0 Å². The molecule has 0 spiro atoms. The van der Waals surface area contributed by atoms with E-state index in [0.29, 0.717) is 10.2 Å². The molecule has 23 heavy (non-hydrogen) atoms. The number of benzene rings is 2. The van der Waals surface area contributed by atoms with Gasteiger partial charge in [-0.15, -0.1) is 0 Å². The summed E-state index contributed by atoms with van der Waals surface area (Å²) in [5.74, 6) is -3.03. The first-order valence-electron chi connectivity index (χ1n) is 6.66. The van der Waals surface area contributed by atoms with Crippen LogP contribution in [0.25, 0.3) is 0 Å². The highest BCUT2D eigenvalue weighted by Gasteiger charge is 2.22. The number of carbonyl (C=O) groups is 2. The van der Waals surface area contributed by atoms with Crippen molar-refractivity contribution in [3.05, 3.63) is 58.6 Å². The zero-order valence-electron chi connectivity index (χ0n) is 12.1. The van der Waals surface area contributed by atoms with Crippen LogP contribution in [-0.2, 0) is 9.59 Å². The molecule has 0 unspecified atom stereocenters. The second-order valence-corrected chi connectivity index (χ2v) is 5.56. The summed E-state index contributed by atoms with van der Waals surface area (Å²) in [5.41, 5.74) is -0.0442. The summed E-state index contributed by atoms with van der Waals surface area (Å²) in [6.45, 7) is 0.631. The summed E-state index contributed by atoms with van der Waals surface area (Å²) in [4.78, 5) is 24.6. The van der Waals surface area contributed by atoms with Gasteiger partial charge in [-0.1, -0.05) is 18.2 Å². The number of amides is 2. The zero-order chi connectivity index (χ0) is 17.0. The summed E-state index contributed by atoms with van der Waals surface area (Å²) in [6.07, 6.45) is 0. The monoisotopic (exact) mass is 382 g/mol. The lowest BCUT2D eigenvalue weighted by atomic mass is 10.2. The molecule has 0 bridgehead atoms. The van der Waals surface area contributed by atoms with Gasteiger partial charge >= 0.3 is 0 Å². The molecule has 4 nitrogen and oxygen atoms in total. The van der Waals surface area contributed by atoms with Crippen molar-refractivity contribution in [2.24, 2.45) is 0 Å². The molecule has 0 saturated carbocycles. The van der Waals surface area contributed by atoms with Crippen molar-refractivity contribution in [2.45, 2.75) is 6.92 Å². The Morgan fingerprint density at radius 1 is 1.09 bits per heavy atom. The number of hydrogen-bond acceptors (Lipinski definition) is 2. The van der Waals surface area contributed by atoms with E-state index in [4.69, 9.17) is 0 Å². The molecular formula is C16H13BrF2N2O2. The van der Waals surface area contributed by atoms with Gasteiger partial charge in [0.2, 0.25) is 11.8 Å². The van der Waals surface area contributed by atoms with E-state index in [1.54, 1.807) is 24.3 Å². The molecule has 0 aromatic heterocycles. The first kappa shape index (κ1) is 17.1. The molecule has 2 aromatic carbocycles. The number of carbonyl (C=O) groups excluding carboxylic acids is 2. The highest BCUT2D eigenvalue weighted by molar-refractivity contribution is 9.10. The van der Waals surface area contributed by atoms with E-state index in [9.17, 15) is 18.4 Å². The molecule has 7 heteroatoms. The fraction of sp³-hybridized carbons (Fsp3) is 0.125. The van der Waals surface area contributed by atoms with Crippen LogP contribution in [0.2, 0.25) is 0 Å². The smallest absolute Gasteiger partial charge is 0.244 e. The van der Waals surface area contributed by atoms with Crippen molar-refractivity contribution in [2.75, 3.05) is 16.8 Å². The Morgan fingerprint density at radius 3 is 2.26 bits per heavy atom. The normalized spacial score (nSPS) is 10.3. The van der Waals surface area contributed by atoms with Crippen LogP contribution in [0.5, 0.6) is 0 Å². The Hall–Kier alpha value is -2.28. The lowest BCUT2D eigenvalue weighted by molar-refractivity contribution is -0.120. The highest BCUT2D eigenvalue weighted by atomic mass is 79.9. The predicted octanol–water partition coefficient (Wildman–Crippen LogP) is 3.72. The second-order valence-electron chi connectivity index (χ2n) is 4.70. The molecule has 0 radical (unpaired) electrons. The third kappa shape index (κ3) is 4.13. The maximum atomic E-state index is 13.8. The van der Waals surface area contributed by atoms with Gasteiger partial charge in [0.25, 0.3) is 0 Å². The lowest BCUT2D eigenvalue weighted by Gasteiger charge is -2.21. The molecule has 0 aliphatic carbocycles. The number of anilines is 2. The topological polar surface area (TPSA) is 49.4 Å². The fourth-order valence-electron chi connectivity index (χ4n) is 1.99. The SMILES string of the molecule is CC(=O)N(CC(=O)Nc1ccccc1Br)c1c(F)cccc1F. The molecule has 0 aliphatic heterocycles. The van der Waals surface area contributed by atoms with Crippen molar-refractivity contribution in [1.29, 1.82) is 0 Å². The minimum atomic E-state index is -0.908. The van der Waals surface area contributed by atoms with Gasteiger partial charge in [0.05, 0.1) is 5.69 Å². The van der Waals surface area contributed by atoms with Gasteiger partial charge in [0.15, 0.2) is 0 Å². The molecule has 2 aromatic rings. The third-order valence-corrected chi connectivity index (χ3v) is 3.73. The van der Waals surface area contributed by atoms with Crippen LogP contribution in [0.1, 0.15) is 6.92 Å². The Morgan fingerprint density at radius 2 is 1.70 bits per heavy atom. The molecule has 120 valence electrons. The van der Waals surface area contributed by atoms with Crippen LogP contribution in [-0.4, -0.2) is 18.4 Å². The molecule has 2 amide bonds. The number of nitrogens with zero attached hydrogens (tertiary/aromatic N) is 1. The second kappa shape index (κ2) is 7.32. The third-order valence-electron chi connectivity index (χ3n) is 3.04. The Bertz CT molecular complexity index is 732. The van der Waals surface area contributed by atoms with Gasteiger partial charge in [0.1, 0.15) is 23.9 Å². The zero-order valence-corrected chi connectivity index (χ0v) is 13.7. The van der Waals surface area contributed by atoms with Crippen molar-refractivity contribution < 1.29 is 18.4 Å². The van der Waals surface area contributed by atoms with Crippen LogP contribution in [0, 0.1) is 11.6 Å². The van der Waals surface area contributed by atoms with E-state index >= 15 is 0 Å². The molecule has 0 heterocycles. The van der Waals surface area contributed by atoms with Gasteiger partial charge in [0, 0.05) is 11.4 Å². The van der Waals surface area contributed by atoms with E-state index < -0.39 is 35.7 Å². The Balaban J connectivity index is 2.22. The van der Waals surface area contributed by atoms with Crippen molar-refractivity contribution in [3.8, 4) is 0 Å². The summed E-state index contributed by atoms with van der Waals surface area (Å²) >= 11 is 3.27. The van der Waals surface area contributed by atoms with Gasteiger partial charge in [-0.25, -0.2) is 8.78 Å². The standard InChI is InChI=1S/C16H13BrF2N2O2/c1-10(22)21(16-12(18)6-4-7-13(16)19)9-15(23)20-14-8-3-2-5-11(14)17/h2-8H,9H2,1H3,(H,20,23). The van der Waals surface area contributed by atoms with Crippen molar-refractivity contribution in [1.82, 2.24) is 0 Å². The Kier molecular flexibility index (Phi) is 5.44. The largest absolute Gasteiger partial charge is 0.324 e. The van der Waals surface area contributed by atoms with Crippen molar-refractivity contribution >= 4 is 39.1 Å². The van der Waals surface area contributed by atoms with E-state index in [-0.39, 0.29) is 0 Å². The van der Waals surface area contributed by atoms with Crippen LogP contribution in [0.3, 0.4) is 0 Å². The van der Waals surface area contributed by atoms with E-state index in [2.05, 4.69) is 21.2 Å². The molecule has 0 aliphatic rings. The van der Waals surface area contributed by atoms with E-state index in [1.807, 2.05) is 0 Å². The fourth-order valence-corrected chi connectivity index (χ4v) is 2.37. The highest BCUT2D eigenvalue weighted by Crippen LogP contribution is 2.24. The van der Waals surface area contributed by atoms with Gasteiger partial charge in [-0.05, 0) is 40.2 Å². The van der Waals surface area contributed by atoms with E-state index in [0.717, 1.165) is 24.0 Å². The summed E-state index contributed by atoms with van der Waals surface area (Å²) in [5, 5.41) is 2.58. The van der Waals surface area contributed by atoms with Crippen molar-refractivity contribution in [3.63, 3.8) is 0 Å². The average Bonchev–Trinajstić information content (AvgIpc) is 2.48. The van der Waals surface area contributed by atoms with Crippen LogP contribution in [0.15, 0.2) is 46.9 Å². The predicted molar refractivity (Wildman–Crippen MR) is 87.2 cm³/mol. The molecule has 0 saturated heterocycles. The Labute approximate surface area is 140 Å². The first-order valence-corrected chi connectivity index (χ1v) is 7.46. The number of hydrogen-bond donors (Lipinski definition) is 1. The molecule has 2 rings (SSSR count). The number of nitrogens with one attached hydrogen (secondary N) is 1. The molecule has 0 fully saturated rings. The molecule has 0 atom stereocenters. The van der Waals surface area contributed by atoms with E-state index in [1.165, 1.54) is 6.07 Å². The average molecular weight is 383 g/mol. The quantitative estimate of drug-likeness (QED) is 0.875. The lowest BCUT2D eigenvalue weighted by Crippen LogP contribution is -2.37.